The Morgan fingerprint density at radius 2 is 2.28 bits per heavy atom. The lowest BCUT2D eigenvalue weighted by atomic mass is 9.90. The molecule has 4 nitrogen and oxygen atoms in total. The Bertz CT molecular complexity index is 295. The number of rotatable bonds is 5. The molecule has 1 heterocycles. The zero-order valence-corrected chi connectivity index (χ0v) is 12.2. The molecule has 0 aromatic carbocycles. The van der Waals surface area contributed by atoms with Crippen LogP contribution < -0.4 is 16.4 Å². The van der Waals surface area contributed by atoms with Gasteiger partial charge < -0.3 is 16.4 Å². The minimum atomic E-state index is 0.0267. The molecule has 0 spiro atoms. The summed E-state index contributed by atoms with van der Waals surface area (Å²) in [5.74, 6) is 0. The van der Waals surface area contributed by atoms with Crippen molar-refractivity contribution in [1.29, 1.82) is 0 Å². The molecule has 0 aromatic rings. The predicted molar refractivity (Wildman–Crippen MR) is 78.7 cm³/mol. The van der Waals surface area contributed by atoms with Gasteiger partial charge in [-0.15, -0.1) is 0 Å². The van der Waals surface area contributed by atoms with Crippen molar-refractivity contribution in [1.82, 2.24) is 10.6 Å². The Morgan fingerprint density at radius 3 is 2.72 bits per heavy atom. The van der Waals surface area contributed by atoms with E-state index in [9.17, 15) is 0 Å². The summed E-state index contributed by atoms with van der Waals surface area (Å²) >= 11 is 0. The first-order valence-electron chi connectivity index (χ1n) is 6.90. The second-order valence-corrected chi connectivity index (χ2v) is 5.95. The summed E-state index contributed by atoms with van der Waals surface area (Å²) < 4.78 is 0. The summed E-state index contributed by atoms with van der Waals surface area (Å²) in [5.41, 5.74) is 6.52. The molecule has 1 fully saturated rings. The molecule has 0 bridgehead atoms. The van der Waals surface area contributed by atoms with Crippen molar-refractivity contribution < 1.29 is 0 Å². The van der Waals surface area contributed by atoms with Crippen molar-refractivity contribution in [3.8, 4) is 0 Å². The van der Waals surface area contributed by atoms with E-state index in [4.69, 9.17) is 5.73 Å². The molecule has 2 atom stereocenters. The zero-order chi connectivity index (χ0) is 13.6. The zero-order valence-electron chi connectivity index (χ0n) is 12.2. The Kier molecular flexibility index (Phi) is 5.82. The van der Waals surface area contributed by atoms with E-state index in [0.29, 0.717) is 12.1 Å². The first-order chi connectivity index (χ1) is 8.47. The Morgan fingerprint density at radius 1 is 1.56 bits per heavy atom. The van der Waals surface area contributed by atoms with Gasteiger partial charge in [0.05, 0.1) is 6.34 Å². The van der Waals surface area contributed by atoms with Crippen LogP contribution in [0.1, 0.15) is 40.5 Å². The lowest BCUT2D eigenvalue weighted by molar-refractivity contribution is 0.460. The quantitative estimate of drug-likeness (QED) is 0.515. The molecule has 1 rings (SSSR count). The third kappa shape index (κ3) is 4.78. The van der Waals surface area contributed by atoms with E-state index in [1.54, 1.807) is 0 Å². The van der Waals surface area contributed by atoms with E-state index in [1.807, 2.05) is 0 Å². The monoisotopic (exact) mass is 252 g/mol. The van der Waals surface area contributed by atoms with E-state index >= 15 is 0 Å². The maximum absolute atomic E-state index is 5.44. The van der Waals surface area contributed by atoms with E-state index in [0.717, 1.165) is 25.2 Å². The van der Waals surface area contributed by atoms with Crippen LogP contribution in [0.2, 0.25) is 0 Å². The van der Waals surface area contributed by atoms with Crippen molar-refractivity contribution in [2.24, 2.45) is 16.1 Å². The lowest BCUT2D eigenvalue weighted by Crippen LogP contribution is -2.38. The summed E-state index contributed by atoms with van der Waals surface area (Å²) in [5, 5.41) is 7.05. The first kappa shape index (κ1) is 15.2. The van der Waals surface area contributed by atoms with Crippen LogP contribution in [0.4, 0.5) is 0 Å². The van der Waals surface area contributed by atoms with Crippen LogP contribution in [0.25, 0.3) is 0 Å². The van der Waals surface area contributed by atoms with Crippen molar-refractivity contribution in [2.45, 2.75) is 52.6 Å². The molecule has 18 heavy (non-hydrogen) atoms. The van der Waals surface area contributed by atoms with Gasteiger partial charge >= 0.3 is 0 Å². The molecule has 1 saturated heterocycles. The average Bonchev–Trinajstić information content (AvgIpc) is 2.78. The van der Waals surface area contributed by atoms with Crippen molar-refractivity contribution in [2.75, 3.05) is 13.1 Å². The summed E-state index contributed by atoms with van der Waals surface area (Å²) in [7, 11) is 0. The van der Waals surface area contributed by atoms with Crippen molar-refractivity contribution in [3.05, 3.63) is 11.8 Å². The van der Waals surface area contributed by atoms with Crippen LogP contribution >= 0.6 is 0 Å². The highest BCUT2D eigenvalue weighted by atomic mass is 15.0. The largest absolute Gasteiger partial charge is 0.390 e. The second-order valence-electron chi connectivity index (χ2n) is 5.95. The standard InChI is InChI=1S/C14H28N4/c1-5-11(18-12-6-7-16-9-12)8-13(17-10-15)14(2,3)4/h8,10-12,16,18H,5-7,9H2,1-4H3,(H2,15,17)/b13-8-. The average molecular weight is 252 g/mol. The van der Waals surface area contributed by atoms with E-state index < -0.39 is 0 Å². The summed E-state index contributed by atoms with van der Waals surface area (Å²) in [6, 6.07) is 0.946. The molecule has 0 aliphatic carbocycles. The Hall–Kier alpha value is -0.870. The number of hydrogen-bond acceptors (Lipinski definition) is 3. The van der Waals surface area contributed by atoms with Gasteiger partial charge in [-0.05, 0) is 25.5 Å². The van der Waals surface area contributed by atoms with Gasteiger partial charge in [-0.2, -0.15) is 0 Å². The minimum Gasteiger partial charge on any atom is -0.390 e. The fourth-order valence-electron chi connectivity index (χ4n) is 2.14. The summed E-state index contributed by atoms with van der Waals surface area (Å²) in [6.45, 7) is 10.9. The van der Waals surface area contributed by atoms with Gasteiger partial charge in [0.25, 0.3) is 0 Å². The van der Waals surface area contributed by atoms with E-state index in [2.05, 4.69) is 49.4 Å². The normalized spacial score (nSPS) is 23.8. The number of nitrogens with zero attached hydrogens (tertiary/aromatic N) is 1. The maximum Gasteiger partial charge on any atom is 0.0856 e. The van der Waals surface area contributed by atoms with Crippen LogP contribution in [-0.4, -0.2) is 31.5 Å². The second kappa shape index (κ2) is 6.90. The highest BCUT2D eigenvalue weighted by molar-refractivity contribution is 5.53. The molecular formula is C14H28N4. The maximum atomic E-state index is 5.44. The third-order valence-corrected chi connectivity index (χ3v) is 3.29. The van der Waals surface area contributed by atoms with Crippen molar-refractivity contribution in [3.63, 3.8) is 0 Å². The Balaban J connectivity index is 2.72. The smallest absolute Gasteiger partial charge is 0.0856 e. The predicted octanol–water partition coefficient (Wildman–Crippen LogP) is 1.63. The Labute approximate surface area is 111 Å². The molecule has 4 heteroatoms. The SMILES string of the molecule is CCC(/C=C(\N=CN)C(C)(C)C)NC1CCNC1. The van der Waals surface area contributed by atoms with Gasteiger partial charge in [0.15, 0.2) is 0 Å². The van der Waals surface area contributed by atoms with Crippen LogP contribution in [-0.2, 0) is 0 Å². The summed E-state index contributed by atoms with van der Waals surface area (Å²) in [6.07, 6.45) is 5.88. The van der Waals surface area contributed by atoms with Gasteiger partial charge in [0.1, 0.15) is 0 Å². The van der Waals surface area contributed by atoms with Crippen LogP contribution in [0.3, 0.4) is 0 Å². The van der Waals surface area contributed by atoms with Crippen LogP contribution in [0.5, 0.6) is 0 Å². The molecule has 1 aliphatic heterocycles. The van der Waals surface area contributed by atoms with Crippen LogP contribution in [0, 0.1) is 5.41 Å². The molecule has 2 unspecified atom stereocenters. The first-order valence-corrected chi connectivity index (χ1v) is 6.90. The number of hydrogen-bond donors (Lipinski definition) is 3. The van der Waals surface area contributed by atoms with Gasteiger partial charge in [0.2, 0.25) is 0 Å². The minimum absolute atomic E-state index is 0.0267. The number of aliphatic imine (C=N–C) groups is 1. The fraction of sp³-hybridized carbons (Fsp3) is 0.786. The van der Waals surface area contributed by atoms with Gasteiger partial charge in [-0.3, -0.25) is 0 Å². The molecular weight excluding hydrogens is 224 g/mol. The van der Waals surface area contributed by atoms with E-state index in [-0.39, 0.29) is 5.41 Å². The summed E-state index contributed by atoms with van der Waals surface area (Å²) in [4.78, 5) is 4.32. The van der Waals surface area contributed by atoms with Gasteiger partial charge in [-0.1, -0.05) is 27.7 Å². The topological polar surface area (TPSA) is 62.4 Å². The highest BCUT2D eigenvalue weighted by Crippen LogP contribution is 2.26. The lowest BCUT2D eigenvalue weighted by Gasteiger charge is -2.24. The van der Waals surface area contributed by atoms with Gasteiger partial charge in [-0.25, -0.2) is 4.99 Å². The fourth-order valence-corrected chi connectivity index (χ4v) is 2.14. The van der Waals surface area contributed by atoms with E-state index in [1.165, 1.54) is 12.8 Å². The molecule has 0 saturated carbocycles. The number of nitrogens with two attached hydrogens (primary N) is 1. The molecule has 1 aliphatic rings. The number of allylic oxidation sites excluding steroid dienone is 1. The molecule has 0 amide bonds. The molecule has 4 N–H and O–H groups in total. The number of nitrogens with one attached hydrogen (secondary N) is 2. The molecule has 0 aromatic heterocycles. The molecule has 104 valence electrons. The van der Waals surface area contributed by atoms with Gasteiger partial charge in [0, 0.05) is 29.7 Å². The molecule has 0 radical (unpaired) electrons. The highest BCUT2D eigenvalue weighted by Gasteiger charge is 2.20. The third-order valence-electron chi connectivity index (χ3n) is 3.29. The van der Waals surface area contributed by atoms with Crippen LogP contribution in [0.15, 0.2) is 16.8 Å². The van der Waals surface area contributed by atoms with Crippen molar-refractivity contribution >= 4 is 6.34 Å².